The molecule has 7 nitrogen and oxygen atoms in total. The molecule has 0 fully saturated rings. The molecular formula is C18H27N5O2S. The van der Waals surface area contributed by atoms with Gasteiger partial charge in [0.15, 0.2) is 5.96 Å². The molecule has 0 atom stereocenters. The zero-order valence-electron chi connectivity index (χ0n) is 15.3. The first-order valence-corrected chi connectivity index (χ1v) is 10.3. The van der Waals surface area contributed by atoms with E-state index >= 15 is 0 Å². The molecule has 2 aromatic rings. The van der Waals surface area contributed by atoms with Gasteiger partial charge in [0.05, 0.1) is 12.3 Å². The van der Waals surface area contributed by atoms with Crippen LogP contribution in [0.2, 0.25) is 0 Å². The Morgan fingerprint density at radius 2 is 1.85 bits per heavy atom. The van der Waals surface area contributed by atoms with E-state index in [0.29, 0.717) is 6.54 Å². The molecule has 0 bridgehead atoms. The number of hydrogen-bond donors (Lipinski definition) is 3. The molecule has 1 heterocycles. The Morgan fingerprint density at radius 3 is 2.54 bits per heavy atom. The summed E-state index contributed by atoms with van der Waals surface area (Å²) < 4.78 is 27.8. The fraction of sp³-hybridized carbons (Fsp3) is 0.389. The van der Waals surface area contributed by atoms with E-state index in [2.05, 4.69) is 24.9 Å². The van der Waals surface area contributed by atoms with E-state index in [1.165, 1.54) is 7.05 Å². The second-order valence-electron chi connectivity index (χ2n) is 5.83. The first kappa shape index (κ1) is 20.0. The van der Waals surface area contributed by atoms with Gasteiger partial charge in [0.2, 0.25) is 10.0 Å². The van der Waals surface area contributed by atoms with Crippen molar-refractivity contribution in [3.8, 4) is 0 Å². The Kier molecular flexibility index (Phi) is 7.68. The third-order valence-electron chi connectivity index (χ3n) is 3.75. The number of nitrogens with one attached hydrogen (secondary N) is 3. The average molecular weight is 378 g/mol. The lowest BCUT2D eigenvalue weighted by Gasteiger charge is -2.12. The molecule has 0 spiro atoms. The molecule has 8 heteroatoms. The van der Waals surface area contributed by atoms with Crippen molar-refractivity contribution in [2.75, 3.05) is 20.1 Å². The van der Waals surface area contributed by atoms with Crippen LogP contribution in [-0.4, -0.2) is 39.1 Å². The van der Waals surface area contributed by atoms with Crippen LogP contribution in [0, 0.1) is 0 Å². The van der Waals surface area contributed by atoms with Gasteiger partial charge in [-0.25, -0.2) is 18.1 Å². The molecule has 0 amide bonds. The van der Waals surface area contributed by atoms with Crippen LogP contribution in [0.5, 0.6) is 0 Å². The molecule has 0 aliphatic carbocycles. The highest BCUT2D eigenvalue weighted by Gasteiger charge is 2.08. The maximum Gasteiger partial charge on any atom is 0.215 e. The number of sulfonamides is 1. The summed E-state index contributed by atoms with van der Waals surface area (Å²) >= 11 is 0. The van der Waals surface area contributed by atoms with Crippen LogP contribution in [0.25, 0.3) is 0 Å². The van der Waals surface area contributed by atoms with Gasteiger partial charge in [-0.3, -0.25) is 0 Å². The molecule has 0 radical (unpaired) electrons. The molecule has 1 aromatic carbocycles. The summed E-state index contributed by atoms with van der Waals surface area (Å²) in [7, 11) is -1.85. The number of hydrogen-bond acceptors (Lipinski definition) is 3. The van der Waals surface area contributed by atoms with Crippen molar-refractivity contribution in [2.45, 2.75) is 25.8 Å². The van der Waals surface area contributed by atoms with Crippen LogP contribution in [-0.2, 0) is 28.9 Å². The highest BCUT2D eigenvalue weighted by Crippen LogP contribution is 2.09. The van der Waals surface area contributed by atoms with Gasteiger partial charge in [-0.15, -0.1) is 0 Å². The maximum atomic E-state index is 11.7. The number of aliphatic imine (C=N–C) groups is 1. The zero-order valence-corrected chi connectivity index (χ0v) is 16.1. The standard InChI is InChI=1S/C18H27N5O2S/c1-3-20-18(21-9-12-23-10-4-5-11-23)22-14-16-7-6-8-17(13-16)15-26(24,25)19-2/h4-8,10-11,13,19H,3,9,12,14-15H2,1-2H3,(H2,20,21,22). The molecule has 26 heavy (non-hydrogen) atoms. The first-order chi connectivity index (χ1) is 12.5. The van der Waals surface area contributed by atoms with Crippen LogP contribution in [0.3, 0.4) is 0 Å². The third kappa shape index (κ3) is 6.89. The van der Waals surface area contributed by atoms with E-state index in [1.807, 2.05) is 55.7 Å². The van der Waals surface area contributed by atoms with E-state index in [0.717, 1.165) is 36.7 Å². The van der Waals surface area contributed by atoms with Crippen LogP contribution < -0.4 is 15.4 Å². The maximum absolute atomic E-state index is 11.7. The smallest absolute Gasteiger partial charge is 0.215 e. The normalized spacial score (nSPS) is 12.2. The van der Waals surface area contributed by atoms with Gasteiger partial charge < -0.3 is 15.2 Å². The molecular weight excluding hydrogens is 350 g/mol. The van der Waals surface area contributed by atoms with Crippen LogP contribution in [0.15, 0.2) is 53.8 Å². The molecule has 0 aliphatic rings. The monoisotopic (exact) mass is 377 g/mol. The van der Waals surface area contributed by atoms with Crippen LogP contribution in [0.4, 0.5) is 0 Å². The van der Waals surface area contributed by atoms with Gasteiger partial charge in [-0.05, 0) is 37.2 Å². The van der Waals surface area contributed by atoms with Crippen molar-refractivity contribution in [1.82, 2.24) is 19.9 Å². The highest BCUT2D eigenvalue weighted by molar-refractivity contribution is 7.88. The van der Waals surface area contributed by atoms with Gasteiger partial charge in [-0.2, -0.15) is 0 Å². The lowest BCUT2D eigenvalue weighted by molar-refractivity contribution is 0.587. The Morgan fingerprint density at radius 1 is 1.12 bits per heavy atom. The first-order valence-electron chi connectivity index (χ1n) is 8.64. The Labute approximate surface area is 155 Å². The van der Waals surface area contributed by atoms with E-state index in [-0.39, 0.29) is 5.75 Å². The SMILES string of the molecule is CCNC(=NCc1cccc(CS(=O)(=O)NC)c1)NCCn1cccc1. The Hall–Kier alpha value is -2.32. The molecule has 0 saturated heterocycles. The van der Waals surface area contributed by atoms with Crippen molar-refractivity contribution >= 4 is 16.0 Å². The second kappa shape index (κ2) is 9.98. The second-order valence-corrected chi connectivity index (χ2v) is 7.75. The largest absolute Gasteiger partial charge is 0.357 e. The van der Waals surface area contributed by atoms with E-state index in [9.17, 15) is 8.42 Å². The van der Waals surface area contributed by atoms with Crippen LogP contribution in [0.1, 0.15) is 18.1 Å². The Bertz CT molecular complexity index is 801. The van der Waals surface area contributed by atoms with Crippen molar-refractivity contribution in [3.63, 3.8) is 0 Å². The summed E-state index contributed by atoms with van der Waals surface area (Å²) in [5.74, 6) is 0.712. The molecule has 3 N–H and O–H groups in total. The fourth-order valence-corrected chi connectivity index (χ4v) is 3.21. The molecule has 0 saturated carbocycles. The summed E-state index contributed by atoms with van der Waals surface area (Å²) in [4.78, 5) is 4.58. The molecule has 1 aromatic heterocycles. The fourth-order valence-electron chi connectivity index (χ4n) is 2.44. The highest BCUT2D eigenvalue weighted by atomic mass is 32.2. The summed E-state index contributed by atoms with van der Waals surface area (Å²) in [6.45, 7) is 4.89. The van der Waals surface area contributed by atoms with Gasteiger partial charge in [0.1, 0.15) is 0 Å². The zero-order chi connectivity index (χ0) is 18.8. The van der Waals surface area contributed by atoms with Gasteiger partial charge in [0.25, 0.3) is 0 Å². The summed E-state index contributed by atoms with van der Waals surface area (Å²) in [6, 6.07) is 11.5. The van der Waals surface area contributed by atoms with E-state index in [1.54, 1.807) is 0 Å². The third-order valence-corrected chi connectivity index (χ3v) is 5.09. The molecule has 142 valence electrons. The van der Waals surface area contributed by atoms with E-state index < -0.39 is 10.0 Å². The van der Waals surface area contributed by atoms with Crippen LogP contribution >= 0.6 is 0 Å². The number of guanidine groups is 1. The summed E-state index contributed by atoms with van der Waals surface area (Å²) in [6.07, 6.45) is 4.05. The lowest BCUT2D eigenvalue weighted by atomic mass is 10.1. The topological polar surface area (TPSA) is 87.5 Å². The predicted molar refractivity (Wildman–Crippen MR) is 105 cm³/mol. The quantitative estimate of drug-likeness (QED) is 0.454. The average Bonchev–Trinajstić information content (AvgIpc) is 3.13. The minimum Gasteiger partial charge on any atom is -0.357 e. The Balaban J connectivity index is 1.95. The van der Waals surface area contributed by atoms with Crippen molar-refractivity contribution < 1.29 is 8.42 Å². The van der Waals surface area contributed by atoms with Gasteiger partial charge in [-0.1, -0.05) is 24.3 Å². The minimum absolute atomic E-state index is 0.0315. The van der Waals surface area contributed by atoms with Crippen molar-refractivity contribution in [3.05, 3.63) is 59.9 Å². The van der Waals surface area contributed by atoms with Crippen molar-refractivity contribution in [2.24, 2.45) is 4.99 Å². The minimum atomic E-state index is -3.28. The molecule has 0 aliphatic heterocycles. The summed E-state index contributed by atoms with van der Waals surface area (Å²) in [5, 5.41) is 6.52. The molecule has 2 rings (SSSR count). The summed E-state index contributed by atoms with van der Waals surface area (Å²) in [5.41, 5.74) is 1.72. The number of rotatable bonds is 9. The number of nitrogens with zero attached hydrogens (tertiary/aromatic N) is 2. The van der Waals surface area contributed by atoms with E-state index in [4.69, 9.17) is 0 Å². The number of benzene rings is 1. The van der Waals surface area contributed by atoms with Gasteiger partial charge >= 0.3 is 0 Å². The lowest BCUT2D eigenvalue weighted by Crippen LogP contribution is -2.38. The van der Waals surface area contributed by atoms with Crippen molar-refractivity contribution in [1.29, 1.82) is 0 Å². The predicted octanol–water partition coefficient (Wildman–Crippen LogP) is 1.29. The van der Waals surface area contributed by atoms with Gasteiger partial charge in [0, 0.05) is 32.0 Å². The molecule has 0 unspecified atom stereocenters. The number of aromatic nitrogens is 1.